The summed E-state index contributed by atoms with van der Waals surface area (Å²) in [5, 5.41) is 11.5. The van der Waals surface area contributed by atoms with E-state index in [1.54, 1.807) is 14.1 Å². The molecule has 0 saturated carbocycles. The monoisotopic (exact) mass is 624 g/mol. The van der Waals surface area contributed by atoms with Crippen LogP contribution in [-0.2, 0) is 22.3 Å². The Bertz CT molecular complexity index is 1590. The Kier molecular flexibility index (Phi) is 8.43. The number of nitrogens with zero attached hydrogens (tertiary/aromatic N) is 4. The van der Waals surface area contributed by atoms with E-state index in [1.165, 1.54) is 50.6 Å². The van der Waals surface area contributed by atoms with Crippen LogP contribution in [0.25, 0.3) is 0 Å². The van der Waals surface area contributed by atoms with E-state index in [0.717, 1.165) is 6.07 Å². The Hall–Kier alpha value is -4.04. The summed E-state index contributed by atoms with van der Waals surface area (Å²) < 4.78 is 91.3. The summed E-state index contributed by atoms with van der Waals surface area (Å²) in [5.41, 5.74) is -1.05. The normalized spacial score (nSPS) is 14.8. The summed E-state index contributed by atoms with van der Waals surface area (Å²) in [4.78, 5) is 24.3. The van der Waals surface area contributed by atoms with E-state index in [9.17, 15) is 37.0 Å². The van der Waals surface area contributed by atoms with E-state index in [1.807, 2.05) is 0 Å². The zero-order chi connectivity index (χ0) is 31.1. The van der Waals surface area contributed by atoms with Crippen molar-refractivity contribution in [3.63, 3.8) is 0 Å². The maximum absolute atomic E-state index is 14.9. The van der Waals surface area contributed by atoms with Crippen molar-refractivity contribution in [1.29, 1.82) is 0 Å². The number of hydrogen-bond acceptors (Lipinski definition) is 7. The van der Waals surface area contributed by atoms with Crippen LogP contribution in [0.5, 0.6) is 17.2 Å². The predicted octanol–water partition coefficient (Wildman–Crippen LogP) is 5.48. The van der Waals surface area contributed by atoms with Crippen molar-refractivity contribution < 1.29 is 45.8 Å². The van der Waals surface area contributed by atoms with Crippen molar-refractivity contribution in [2.45, 2.75) is 13.2 Å². The van der Waals surface area contributed by atoms with Gasteiger partial charge in [-0.1, -0.05) is 0 Å². The van der Waals surface area contributed by atoms with Crippen LogP contribution in [-0.4, -0.2) is 65.3 Å². The Labute approximate surface area is 242 Å². The summed E-state index contributed by atoms with van der Waals surface area (Å²) >= 11 is 0. The number of carbonyl (C=O) groups excluding carboxylic acids is 1. The number of halogens is 4. The lowest BCUT2D eigenvalue weighted by Gasteiger charge is -2.20. The largest absolute Gasteiger partial charge is 0.483 e. The molecule has 11 nitrogen and oxygen atoms in total. The lowest BCUT2D eigenvalue weighted by atomic mass is 10.1. The molecular formula is C27H25F4N4O7P. The Morgan fingerprint density at radius 2 is 1.51 bits per heavy atom. The van der Waals surface area contributed by atoms with E-state index >= 15 is 0 Å². The van der Waals surface area contributed by atoms with Crippen LogP contribution in [0.2, 0.25) is 0 Å². The predicted molar refractivity (Wildman–Crippen MR) is 144 cm³/mol. The van der Waals surface area contributed by atoms with Crippen LogP contribution in [0, 0.1) is 33.4 Å². The molecule has 3 aromatic rings. The van der Waals surface area contributed by atoms with Crippen molar-refractivity contribution in [2.75, 3.05) is 40.3 Å². The smallest absolute Gasteiger partial charge is 0.346 e. The molecular weight excluding hydrogens is 599 g/mol. The van der Waals surface area contributed by atoms with E-state index in [0.29, 0.717) is 31.7 Å². The summed E-state index contributed by atoms with van der Waals surface area (Å²) in [7, 11) is -0.359. The molecule has 0 unspecified atom stereocenters. The fourth-order valence-corrected chi connectivity index (χ4v) is 6.25. The molecule has 1 amide bonds. The average Bonchev–Trinajstić information content (AvgIpc) is 3.89. The molecule has 5 rings (SSSR count). The second kappa shape index (κ2) is 11.9. The van der Waals surface area contributed by atoms with Crippen LogP contribution >= 0.6 is 7.67 Å². The lowest BCUT2D eigenvalue weighted by molar-refractivity contribution is -0.385. The fourth-order valence-electron chi connectivity index (χ4n) is 4.08. The van der Waals surface area contributed by atoms with Gasteiger partial charge in [-0.15, -0.1) is 0 Å². The second-order valence-corrected chi connectivity index (χ2v) is 12.3. The van der Waals surface area contributed by atoms with Gasteiger partial charge in [-0.05, 0) is 42.0 Å². The number of benzene rings is 3. The maximum Gasteiger partial charge on any atom is 0.346 e. The molecule has 2 heterocycles. The SMILES string of the molecule is CN(C)C(=O)c1ccc(Oc2cc(COc3c(F)c(F)c(COP(=O)(N4CC4)N4CC4)c(F)c3F)ccc2[N+](=O)[O-])cc1. The molecule has 0 spiro atoms. The first-order valence-corrected chi connectivity index (χ1v) is 14.4. The van der Waals surface area contributed by atoms with Gasteiger partial charge in [0.05, 0.1) is 17.1 Å². The molecule has 16 heteroatoms. The molecule has 2 aliphatic heterocycles. The molecule has 0 radical (unpaired) electrons. The molecule has 2 fully saturated rings. The van der Waals surface area contributed by atoms with Crippen LogP contribution in [0.3, 0.4) is 0 Å². The topological polar surface area (TPSA) is 114 Å². The number of rotatable bonds is 12. The lowest BCUT2D eigenvalue weighted by Crippen LogP contribution is -2.21. The Morgan fingerprint density at radius 1 is 0.930 bits per heavy atom. The highest BCUT2D eigenvalue weighted by Gasteiger charge is 2.49. The summed E-state index contributed by atoms with van der Waals surface area (Å²) in [6.07, 6.45) is 0. The van der Waals surface area contributed by atoms with Gasteiger partial charge in [0.1, 0.15) is 12.4 Å². The van der Waals surface area contributed by atoms with Crippen molar-refractivity contribution in [3.8, 4) is 17.2 Å². The van der Waals surface area contributed by atoms with Gasteiger partial charge in [0, 0.05) is 51.9 Å². The first-order chi connectivity index (χ1) is 20.4. The first kappa shape index (κ1) is 30.4. The third kappa shape index (κ3) is 6.34. The maximum atomic E-state index is 14.9. The first-order valence-electron chi connectivity index (χ1n) is 12.9. The van der Waals surface area contributed by atoms with Gasteiger partial charge in [0.2, 0.25) is 17.4 Å². The second-order valence-electron chi connectivity index (χ2n) is 9.91. The summed E-state index contributed by atoms with van der Waals surface area (Å²) in [6.45, 7) is 0.249. The van der Waals surface area contributed by atoms with E-state index in [-0.39, 0.29) is 23.0 Å². The fraction of sp³-hybridized carbons (Fsp3) is 0.296. The highest BCUT2D eigenvalue weighted by Crippen LogP contribution is 2.61. The van der Waals surface area contributed by atoms with Crippen molar-refractivity contribution in [3.05, 3.63) is 92.5 Å². The quantitative estimate of drug-likeness (QED) is 0.0646. The third-order valence-corrected chi connectivity index (χ3v) is 9.29. The van der Waals surface area contributed by atoms with Gasteiger partial charge < -0.3 is 18.9 Å². The highest BCUT2D eigenvalue weighted by atomic mass is 31.2. The molecule has 228 valence electrons. The van der Waals surface area contributed by atoms with Crippen LogP contribution < -0.4 is 9.47 Å². The van der Waals surface area contributed by atoms with Crippen LogP contribution in [0.15, 0.2) is 42.5 Å². The Morgan fingerprint density at radius 3 is 2.02 bits per heavy atom. The van der Waals surface area contributed by atoms with Gasteiger partial charge in [0.15, 0.2) is 17.4 Å². The number of hydrogen-bond donors (Lipinski definition) is 0. The molecule has 3 aromatic carbocycles. The van der Waals surface area contributed by atoms with E-state index in [2.05, 4.69) is 0 Å². The molecule has 2 saturated heterocycles. The summed E-state index contributed by atoms with van der Waals surface area (Å²) in [5.74, 6) is -8.89. The minimum Gasteiger partial charge on any atom is -0.483 e. The molecule has 2 aliphatic rings. The minimum atomic E-state index is -3.51. The summed E-state index contributed by atoms with van der Waals surface area (Å²) in [6, 6.07) is 9.22. The van der Waals surface area contributed by atoms with Crippen LogP contribution in [0.4, 0.5) is 23.2 Å². The number of carbonyl (C=O) groups is 1. The third-order valence-electron chi connectivity index (χ3n) is 6.59. The highest BCUT2D eigenvalue weighted by molar-refractivity contribution is 7.54. The Balaban J connectivity index is 1.33. The van der Waals surface area contributed by atoms with Crippen molar-refractivity contribution in [2.24, 2.45) is 0 Å². The number of amides is 1. The number of ether oxygens (including phenoxy) is 2. The molecule has 0 aromatic heterocycles. The minimum absolute atomic E-state index is 0.116. The molecule has 0 aliphatic carbocycles. The molecule has 43 heavy (non-hydrogen) atoms. The van der Waals surface area contributed by atoms with E-state index in [4.69, 9.17) is 14.0 Å². The van der Waals surface area contributed by atoms with Gasteiger partial charge in [0.25, 0.3) is 5.91 Å². The number of nitro groups is 1. The van der Waals surface area contributed by atoms with Gasteiger partial charge in [-0.3, -0.25) is 19.5 Å². The van der Waals surface area contributed by atoms with Gasteiger partial charge >= 0.3 is 13.4 Å². The van der Waals surface area contributed by atoms with Gasteiger partial charge in [-0.25, -0.2) is 18.1 Å². The average molecular weight is 624 g/mol. The standard InChI is InChI=1S/C27H25F4N4O7P/c1-32(2)27(36)17-4-6-18(7-5-17)42-21-13-16(3-8-20(21)35(37)38)14-40-26-24(30)22(28)19(23(29)25(26)31)15-41-43(39,33-9-10-33)34-11-12-34/h3-8,13H,9-12,14-15H2,1-2H3. The molecule has 0 N–H and O–H groups in total. The van der Waals surface area contributed by atoms with Crippen molar-refractivity contribution >= 4 is 19.3 Å². The molecule has 0 atom stereocenters. The van der Waals surface area contributed by atoms with E-state index < -0.39 is 66.1 Å². The molecule has 0 bridgehead atoms. The van der Waals surface area contributed by atoms with Crippen molar-refractivity contribution in [1.82, 2.24) is 14.2 Å². The van der Waals surface area contributed by atoms with Gasteiger partial charge in [-0.2, -0.15) is 8.78 Å². The zero-order valence-electron chi connectivity index (χ0n) is 22.9. The van der Waals surface area contributed by atoms with Crippen LogP contribution in [0.1, 0.15) is 21.5 Å². The number of nitro benzene ring substituents is 1. The zero-order valence-corrected chi connectivity index (χ0v) is 23.8.